The highest BCUT2D eigenvalue weighted by molar-refractivity contribution is 6.00. The topological polar surface area (TPSA) is 107 Å². The van der Waals surface area contributed by atoms with E-state index in [4.69, 9.17) is 5.11 Å². The average Bonchev–Trinajstić information content (AvgIpc) is 2.57. The Morgan fingerprint density at radius 2 is 1.92 bits per heavy atom. The number of piperidine rings is 1. The standard InChI is InChI=1S/C17H26N2O5/c1-4-12-10(2)11(3)15(22)18-16(23)14(12)19-7-5-17(24,6-8-19)9-13(20)21/h4,10-12,14,24H,1,5-9H2,2-3H3,(H,20,21)(H,18,22,23)/t10-,11-,12+,14?/m1/s1. The van der Waals surface area contributed by atoms with Crippen molar-refractivity contribution < 1.29 is 24.6 Å². The van der Waals surface area contributed by atoms with Crippen molar-refractivity contribution in [2.24, 2.45) is 17.8 Å². The molecule has 0 radical (unpaired) electrons. The Kier molecular flexibility index (Phi) is 5.45. The van der Waals surface area contributed by atoms with Gasteiger partial charge in [-0.05, 0) is 18.8 Å². The minimum Gasteiger partial charge on any atom is -0.481 e. The molecule has 1 unspecified atom stereocenters. The van der Waals surface area contributed by atoms with Crippen LogP contribution in [0.15, 0.2) is 12.7 Å². The molecule has 134 valence electrons. The number of hydrogen-bond donors (Lipinski definition) is 3. The Morgan fingerprint density at radius 1 is 1.33 bits per heavy atom. The fourth-order valence-corrected chi connectivity index (χ4v) is 3.77. The molecule has 0 saturated carbocycles. The summed E-state index contributed by atoms with van der Waals surface area (Å²) in [6.07, 6.45) is 1.99. The molecule has 0 aromatic carbocycles. The number of carbonyl (C=O) groups is 3. The number of amides is 2. The van der Waals surface area contributed by atoms with Crippen molar-refractivity contribution in [2.45, 2.75) is 44.8 Å². The summed E-state index contributed by atoms with van der Waals surface area (Å²) >= 11 is 0. The Bertz CT molecular complexity index is 539. The van der Waals surface area contributed by atoms with Crippen molar-refractivity contribution >= 4 is 17.8 Å². The number of likely N-dealkylation sites (tertiary alicyclic amines) is 1. The van der Waals surface area contributed by atoms with Crippen LogP contribution in [-0.4, -0.2) is 57.6 Å². The fraction of sp³-hybridized carbons (Fsp3) is 0.706. The first kappa shape index (κ1) is 18.6. The summed E-state index contributed by atoms with van der Waals surface area (Å²) in [5.74, 6) is -2.17. The van der Waals surface area contributed by atoms with Crippen LogP contribution in [0.2, 0.25) is 0 Å². The highest BCUT2D eigenvalue weighted by Gasteiger charge is 2.45. The molecule has 0 aromatic rings. The van der Waals surface area contributed by atoms with Crippen LogP contribution in [0, 0.1) is 17.8 Å². The lowest BCUT2D eigenvalue weighted by molar-refractivity contribution is -0.146. The van der Waals surface area contributed by atoms with E-state index in [0.29, 0.717) is 13.1 Å². The van der Waals surface area contributed by atoms with Crippen LogP contribution in [0.1, 0.15) is 33.1 Å². The van der Waals surface area contributed by atoms with Crippen LogP contribution in [0.4, 0.5) is 0 Å². The molecule has 2 heterocycles. The Balaban J connectivity index is 2.17. The predicted molar refractivity (Wildman–Crippen MR) is 87.0 cm³/mol. The third-order valence-corrected chi connectivity index (χ3v) is 5.56. The molecule has 2 aliphatic rings. The number of imide groups is 1. The van der Waals surface area contributed by atoms with E-state index in [9.17, 15) is 19.5 Å². The van der Waals surface area contributed by atoms with Gasteiger partial charge < -0.3 is 10.2 Å². The maximum atomic E-state index is 12.5. The zero-order valence-electron chi connectivity index (χ0n) is 14.2. The van der Waals surface area contributed by atoms with Gasteiger partial charge >= 0.3 is 5.97 Å². The number of hydrogen-bond acceptors (Lipinski definition) is 5. The highest BCUT2D eigenvalue weighted by Crippen LogP contribution is 2.34. The number of carboxylic acid groups (broad SMARTS) is 1. The first-order valence-corrected chi connectivity index (χ1v) is 8.34. The van der Waals surface area contributed by atoms with E-state index < -0.39 is 17.6 Å². The van der Waals surface area contributed by atoms with E-state index in [1.807, 2.05) is 11.8 Å². The Labute approximate surface area is 141 Å². The first-order chi connectivity index (χ1) is 11.2. The van der Waals surface area contributed by atoms with Gasteiger partial charge in [-0.25, -0.2) is 0 Å². The van der Waals surface area contributed by atoms with Gasteiger partial charge in [0.05, 0.1) is 18.1 Å². The summed E-state index contributed by atoms with van der Waals surface area (Å²) in [6.45, 7) is 8.38. The summed E-state index contributed by atoms with van der Waals surface area (Å²) in [5.41, 5.74) is -1.23. The summed E-state index contributed by atoms with van der Waals surface area (Å²) in [7, 11) is 0. The minimum atomic E-state index is -1.23. The smallest absolute Gasteiger partial charge is 0.306 e. The number of aliphatic carboxylic acids is 1. The molecular weight excluding hydrogens is 312 g/mol. The number of aliphatic hydroxyl groups is 1. The molecule has 0 aromatic heterocycles. The minimum absolute atomic E-state index is 0.0428. The van der Waals surface area contributed by atoms with Gasteiger partial charge in [0.15, 0.2) is 0 Å². The SMILES string of the molecule is C=C[C@@H]1C(N2CCC(O)(CC(=O)O)CC2)C(=O)NC(=O)[C@H](C)[C@H]1C. The fourth-order valence-electron chi connectivity index (χ4n) is 3.77. The largest absolute Gasteiger partial charge is 0.481 e. The molecule has 0 bridgehead atoms. The monoisotopic (exact) mass is 338 g/mol. The number of carboxylic acids is 1. The van der Waals surface area contributed by atoms with Gasteiger partial charge in [-0.1, -0.05) is 19.9 Å². The van der Waals surface area contributed by atoms with Gasteiger partial charge in [-0.3, -0.25) is 24.6 Å². The zero-order valence-corrected chi connectivity index (χ0v) is 14.2. The predicted octanol–water partition coefficient (Wildman–Crippen LogP) is 0.387. The van der Waals surface area contributed by atoms with Gasteiger partial charge in [-0.2, -0.15) is 0 Å². The normalized spacial score (nSPS) is 34.3. The van der Waals surface area contributed by atoms with E-state index in [0.717, 1.165) is 0 Å². The Morgan fingerprint density at radius 3 is 2.42 bits per heavy atom. The van der Waals surface area contributed by atoms with Gasteiger partial charge in [0.25, 0.3) is 0 Å². The van der Waals surface area contributed by atoms with E-state index in [1.54, 1.807) is 13.0 Å². The van der Waals surface area contributed by atoms with E-state index in [2.05, 4.69) is 11.9 Å². The molecule has 7 heteroatoms. The maximum absolute atomic E-state index is 12.5. The summed E-state index contributed by atoms with van der Waals surface area (Å²) in [4.78, 5) is 37.4. The number of carbonyl (C=O) groups excluding carboxylic acids is 2. The second-order valence-electron chi connectivity index (χ2n) is 7.09. The van der Waals surface area contributed by atoms with E-state index in [-0.39, 0.29) is 48.8 Å². The first-order valence-electron chi connectivity index (χ1n) is 8.34. The third kappa shape index (κ3) is 3.67. The van der Waals surface area contributed by atoms with Gasteiger partial charge in [-0.15, -0.1) is 6.58 Å². The van der Waals surface area contributed by atoms with Crippen molar-refractivity contribution in [3.8, 4) is 0 Å². The highest BCUT2D eigenvalue weighted by atomic mass is 16.4. The van der Waals surface area contributed by atoms with Crippen LogP contribution < -0.4 is 5.32 Å². The molecular formula is C17H26N2O5. The molecule has 24 heavy (non-hydrogen) atoms. The van der Waals surface area contributed by atoms with Crippen LogP contribution >= 0.6 is 0 Å². The van der Waals surface area contributed by atoms with Crippen LogP contribution in [0.5, 0.6) is 0 Å². The van der Waals surface area contributed by atoms with E-state index in [1.165, 1.54) is 0 Å². The van der Waals surface area contributed by atoms with Gasteiger partial charge in [0, 0.05) is 24.9 Å². The van der Waals surface area contributed by atoms with Crippen molar-refractivity contribution in [2.75, 3.05) is 13.1 Å². The average molecular weight is 338 g/mol. The van der Waals surface area contributed by atoms with E-state index >= 15 is 0 Å². The zero-order chi connectivity index (χ0) is 18.1. The van der Waals surface area contributed by atoms with Gasteiger partial charge in [0.2, 0.25) is 11.8 Å². The summed E-state index contributed by atoms with van der Waals surface area (Å²) in [5, 5.41) is 21.7. The maximum Gasteiger partial charge on any atom is 0.306 e. The molecule has 4 atom stereocenters. The lowest BCUT2D eigenvalue weighted by atomic mass is 9.78. The van der Waals surface area contributed by atoms with Crippen LogP contribution in [0.3, 0.4) is 0 Å². The number of rotatable bonds is 4. The van der Waals surface area contributed by atoms with Crippen LogP contribution in [0.25, 0.3) is 0 Å². The molecule has 0 aliphatic carbocycles. The molecule has 2 aliphatic heterocycles. The second-order valence-corrected chi connectivity index (χ2v) is 7.09. The second kappa shape index (κ2) is 7.03. The van der Waals surface area contributed by atoms with Crippen molar-refractivity contribution in [3.63, 3.8) is 0 Å². The summed E-state index contributed by atoms with van der Waals surface area (Å²) in [6, 6.07) is -0.527. The van der Waals surface area contributed by atoms with Gasteiger partial charge in [0.1, 0.15) is 0 Å². The third-order valence-electron chi connectivity index (χ3n) is 5.56. The summed E-state index contributed by atoms with van der Waals surface area (Å²) < 4.78 is 0. The van der Waals surface area contributed by atoms with Crippen molar-refractivity contribution in [1.29, 1.82) is 0 Å². The lowest BCUT2D eigenvalue weighted by Crippen LogP contribution is -2.56. The van der Waals surface area contributed by atoms with Crippen molar-refractivity contribution in [1.82, 2.24) is 10.2 Å². The molecule has 2 saturated heterocycles. The molecule has 3 N–H and O–H groups in total. The molecule has 2 amide bonds. The quantitative estimate of drug-likeness (QED) is 0.506. The number of nitrogens with one attached hydrogen (secondary N) is 1. The number of nitrogens with zero attached hydrogens (tertiary/aromatic N) is 1. The molecule has 7 nitrogen and oxygen atoms in total. The van der Waals surface area contributed by atoms with Crippen molar-refractivity contribution in [3.05, 3.63) is 12.7 Å². The van der Waals surface area contributed by atoms with Crippen LogP contribution in [-0.2, 0) is 14.4 Å². The molecule has 2 fully saturated rings. The molecule has 2 rings (SSSR count). The molecule has 0 spiro atoms. The Hall–Kier alpha value is -1.73. The lowest BCUT2D eigenvalue weighted by Gasteiger charge is -2.42.